The van der Waals surface area contributed by atoms with Gasteiger partial charge in [0.1, 0.15) is 23.5 Å². The van der Waals surface area contributed by atoms with Gasteiger partial charge in [-0.05, 0) is 49.2 Å². The van der Waals surface area contributed by atoms with E-state index in [4.69, 9.17) is 9.47 Å². The smallest absolute Gasteiger partial charge is 0.356 e. The first-order valence-corrected chi connectivity index (χ1v) is 15.2. The Bertz CT molecular complexity index is 1760. The van der Waals surface area contributed by atoms with Crippen molar-refractivity contribution in [2.45, 2.75) is 35.1 Å². The van der Waals surface area contributed by atoms with Crippen molar-refractivity contribution in [3.8, 4) is 12.1 Å². The topological polar surface area (TPSA) is 109 Å². The van der Waals surface area contributed by atoms with Crippen LogP contribution in [0.5, 0.6) is 0 Å². The van der Waals surface area contributed by atoms with Crippen LogP contribution in [-0.4, -0.2) is 34.0 Å². The molecule has 0 spiro atoms. The van der Waals surface area contributed by atoms with Crippen molar-refractivity contribution in [3.05, 3.63) is 107 Å². The normalized spacial score (nSPS) is 10.9. The van der Waals surface area contributed by atoms with Gasteiger partial charge in [0.2, 0.25) is 0 Å². The summed E-state index contributed by atoms with van der Waals surface area (Å²) in [5, 5.41) is 20.0. The maximum atomic E-state index is 13.0. The molecule has 0 atom stereocenters. The van der Waals surface area contributed by atoms with Crippen molar-refractivity contribution in [2.24, 2.45) is 0 Å². The predicted molar refractivity (Wildman–Crippen MR) is 162 cm³/mol. The summed E-state index contributed by atoms with van der Waals surface area (Å²) in [6.07, 6.45) is 3.51. The molecule has 0 N–H and O–H groups in total. The van der Waals surface area contributed by atoms with Gasteiger partial charge in [0.25, 0.3) is 0 Å². The number of carbonyl (C=O) groups excluding carboxylic acids is 2. The highest BCUT2D eigenvalue weighted by atomic mass is 32.2. The van der Waals surface area contributed by atoms with Gasteiger partial charge in [0.05, 0.1) is 45.2 Å². The van der Waals surface area contributed by atoms with Gasteiger partial charge >= 0.3 is 11.9 Å². The highest BCUT2D eigenvalue weighted by molar-refractivity contribution is 7.99. The first-order chi connectivity index (χ1) is 20.5. The Labute approximate surface area is 251 Å². The second-order valence-electron chi connectivity index (χ2n) is 9.03. The number of thioether (sulfide) groups is 2. The van der Waals surface area contributed by atoms with Crippen molar-refractivity contribution in [1.82, 2.24) is 8.80 Å². The summed E-state index contributed by atoms with van der Waals surface area (Å²) >= 11 is 2.82. The van der Waals surface area contributed by atoms with E-state index in [0.29, 0.717) is 54.8 Å². The molecule has 0 fully saturated rings. The van der Waals surface area contributed by atoms with E-state index in [1.807, 2.05) is 60.7 Å². The largest absolute Gasteiger partial charge is 0.461 e. The maximum absolute atomic E-state index is 13.0. The van der Waals surface area contributed by atoms with Crippen molar-refractivity contribution in [3.63, 3.8) is 0 Å². The van der Waals surface area contributed by atoms with Gasteiger partial charge in [-0.15, -0.1) is 23.5 Å². The fraction of sp³-hybridized carbons (Fsp3) is 0.188. The number of hydrogen-bond donors (Lipinski definition) is 0. The second kappa shape index (κ2) is 12.9. The number of benzene rings is 1. The SMILES string of the molecule is CCOC(=O)c1c(SCc2ccccc2CSc2c(C#N)c3ccccn3c2C(=O)OCC)c(C#N)c2ccccn12. The van der Waals surface area contributed by atoms with Crippen LogP contribution < -0.4 is 0 Å². The first kappa shape index (κ1) is 28.9. The molecule has 1 aromatic carbocycles. The van der Waals surface area contributed by atoms with E-state index in [0.717, 1.165) is 11.1 Å². The standard InChI is InChI=1S/C32H26N4O4S2/c1-3-39-31(37)27-29(23(17-33)25-13-7-9-15-35(25)27)41-19-21-11-5-6-12-22(21)20-42-30-24(18-34)26-14-8-10-16-36(26)28(30)32(38)40-4-2/h5-16H,3-4,19-20H2,1-2H3. The summed E-state index contributed by atoms with van der Waals surface area (Å²) in [6, 6.07) is 23.3. The number of rotatable bonds is 10. The Hall–Kier alpha value is -4.64. The van der Waals surface area contributed by atoms with Crippen molar-refractivity contribution in [1.29, 1.82) is 10.5 Å². The molecule has 5 aromatic rings. The molecule has 210 valence electrons. The fourth-order valence-corrected chi connectivity index (χ4v) is 7.18. The highest BCUT2D eigenvalue weighted by Gasteiger charge is 2.26. The van der Waals surface area contributed by atoms with E-state index in [1.165, 1.54) is 23.5 Å². The van der Waals surface area contributed by atoms with Gasteiger partial charge in [-0.1, -0.05) is 36.4 Å². The minimum Gasteiger partial charge on any atom is -0.461 e. The molecular formula is C32H26N4O4S2. The molecule has 4 aromatic heterocycles. The molecule has 0 aliphatic rings. The molecule has 0 aliphatic carbocycles. The van der Waals surface area contributed by atoms with Crippen LogP contribution in [0.4, 0.5) is 0 Å². The van der Waals surface area contributed by atoms with Crippen LogP contribution in [0.1, 0.15) is 57.1 Å². The van der Waals surface area contributed by atoms with Crippen LogP contribution in [0.25, 0.3) is 11.0 Å². The van der Waals surface area contributed by atoms with Gasteiger partial charge in [-0.3, -0.25) is 0 Å². The molecule has 42 heavy (non-hydrogen) atoms. The lowest BCUT2D eigenvalue weighted by Gasteiger charge is -2.11. The predicted octanol–water partition coefficient (Wildman–Crippen LogP) is 6.87. The third-order valence-corrected chi connectivity index (χ3v) is 8.90. The zero-order valence-electron chi connectivity index (χ0n) is 23.0. The number of nitrogens with zero attached hydrogens (tertiary/aromatic N) is 4. The molecule has 0 radical (unpaired) electrons. The van der Waals surface area contributed by atoms with E-state index in [1.54, 1.807) is 35.0 Å². The van der Waals surface area contributed by atoms with E-state index in [-0.39, 0.29) is 13.2 Å². The van der Waals surface area contributed by atoms with Gasteiger partial charge < -0.3 is 18.3 Å². The van der Waals surface area contributed by atoms with Crippen LogP contribution in [-0.2, 0) is 21.0 Å². The van der Waals surface area contributed by atoms with E-state index in [9.17, 15) is 20.1 Å². The van der Waals surface area contributed by atoms with Crippen LogP contribution >= 0.6 is 23.5 Å². The van der Waals surface area contributed by atoms with Gasteiger partial charge in [0, 0.05) is 23.9 Å². The van der Waals surface area contributed by atoms with Crippen LogP contribution in [0.15, 0.2) is 82.8 Å². The molecule has 8 nitrogen and oxygen atoms in total. The Balaban J connectivity index is 1.48. The average Bonchev–Trinajstić information content (AvgIpc) is 3.51. The summed E-state index contributed by atoms with van der Waals surface area (Å²) in [5.41, 5.74) is 4.81. The summed E-state index contributed by atoms with van der Waals surface area (Å²) in [7, 11) is 0. The number of pyridine rings is 2. The summed E-state index contributed by atoms with van der Waals surface area (Å²) < 4.78 is 14.1. The minimum absolute atomic E-state index is 0.221. The van der Waals surface area contributed by atoms with Gasteiger partial charge in [-0.2, -0.15) is 10.5 Å². The quantitative estimate of drug-likeness (QED) is 0.127. The van der Waals surface area contributed by atoms with E-state index < -0.39 is 11.9 Å². The third kappa shape index (κ3) is 5.35. The molecule has 0 saturated heterocycles. The number of fused-ring (bicyclic) bond motifs is 2. The van der Waals surface area contributed by atoms with Gasteiger partial charge in [0.15, 0.2) is 0 Å². The van der Waals surface area contributed by atoms with E-state index >= 15 is 0 Å². The second-order valence-corrected chi connectivity index (χ2v) is 11.0. The molecule has 0 aliphatic heterocycles. The van der Waals surface area contributed by atoms with Crippen LogP contribution in [0, 0.1) is 22.7 Å². The minimum atomic E-state index is -0.483. The molecule has 10 heteroatoms. The third-order valence-electron chi connectivity index (χ3n) is 6.62. The number of nitriles is 2. The first-order valence-electron chi connectivity index (χ1n) is 13.3. The Morgan fingerprint density at radius 3 is 1.48 bits per heavy atom. The average molecular weight is 595 g/mol. The number of hydrogen-bond acceptors (Lipinski definition) is 8. The Kier molecular flexibility index (Phi) is 8.87. The summed E-state index contributed by atoms with van der Waals surface area (Å²) in [4.78, 5) is 27.1. The maximum Gasteiger partial charge on any atom is 0.356 e. The molecular weight excluding hydrogens is 569 g/mol. The lowest BCUT2D eigenvalue weighted by atomic mass is 10.1. The van der Waals surface area contributed by atoms with Gasteiger partial charge in [-0.25, -0.2) is 9.59 Å². The van der Waals surface area contributed by atoms with Crippen molar-refractivity contribution in [2.75, 3.05) is 13.2 Å². The summed E-state index contributed by atoms with van der Waals surface area (Å²) in [6.45, 7) is 3.94. The van der Waals surface area contributed by atoms with Crippen molar-refractivity contribution >= 4 is 46.5 Å². The number of esters is 2. The molecule has 0 amide bonds. The van der Waals surface area contributed by atoms with Crippen LogP contribution in [0.3, 0.4) is 0 Å². The number of carbonyl (C=O) groups is 2. The molecule has 0 saturated carbocycles. The number of aromatic nitrogens is 2. The van der Waals surface area contributed by atoms with Crippen molar-refractivity contribution < 1.29 is 19.1 Å². The molecule has 4 heterocycles. The highest BCUT2D eigenvalue weighted by Crippen LogP contribution is 2.38. The molecule has 5 rings (SSSR count). The van der Waals surface area contributed by atoms with Crippen LogP contribution in [0.2, 0.25) is 0 Å². The zero-order chi connectivity index (χ0) is 29.6. The Morgan fingerprint density at radius 2 is 1.10 bits per heavy atom. The monoisotopic (exact) mass is 594 g/mol. The fourth-order valence-electron chi connectivity index (χ4n) is 4.79. The lowest BCUT2D eigenvalue weighted by molar-refractivity contribution is 0.0504. The number of ether oxygens (including phenoxy) is 2. The Morgan fingerprint density at radius 1 is 0.690 bits per heavy atom. The lowest BCUT2D eigenvalue weighted by Crippen LogP contribution is -2.09. The summed E-state index contributed by atoms with van der Waals surface area (Å²) in [5.74, 6) is 0.00978. The molecule has 0 unspecified atom stereocenters. The van der Waals surface area contributed by atoms with E-state index in [2.05, 4.69) is 12.1 Å². The molecule has 0 bridgehead atoms. The zero-order valence-corrected chi connectivity index (χ0v) is 24.6.